The third-order valence-corrected chi connectivity index (χ3v) is 6.90. The van der Waals surface area contributed by atoms with Gasteiger partial charge in [-0.05, 0) is 73.2 Å². The highest BCUT2D eigenvalue weighted by Crippen LogP contribution is 2.41. The topological polar surface area (TPSA) is 106 Å². The van der Waals surface area contributed by atoms with Gasteiger partial charge in [0.15, 0.2) is 0 Å². The molecule has 190 valence electrons. The molecule has 2 aromatic carbocycles. The van der Waals surface area contributed by atoms with E-state index in [9.17, 15) is 14.3 Å². The lowest BCUT2D eigenvalue weighted by atomic mass is 9.82. The molecule has 0 saturated heterocycles. The first-order chi connectivity index (χ1) is 17.9. The summed E-state index contributed by atoms with van der Waals surface area (Å²) in [5.41, 5.74) is 8.02. The monoisotopic (exact) mass is 499 g/mol. The molecule has 4 aromatic rings. The molecular weight excluding hydrogens is 469 g/mol. The van der Waals surface area contributed by atoms with Crippen molar-refractivity contribution in [1.29, 1.82) is 0 Å². The fraction of sp³-hybridized carbons (Fsp3) is 0.276. The van der Waals surface area contributed by atoms with Crippen LogP contribution >= 0.6 is 0 Å². The van der Waals surface area contributed by atoms with Gasteiger partial charge in [0.2, 0.25) is 0 Å². The van der Waals surface area contributed by atoms with Gasteiger partial charge in [0, 0.05) is 24.5 Å². The Kier molecular flexibility index (Phi) is 6.86. The molecule has 1 fully saturated rings. The highest BCUT2D eigenvalue weighted by molar-refractivity contribution is 6.03. The molecule has 8 heteroatoms. The number of halogens is 1. The second kappa shape index (κ2) is 10.2. The molecule has 1 aliphatic rings. The minimum atomic E-state index is -1.36. The molecule has 5 rings (SSSR count). The Morgan fingerprint density at radius 1 is 1.16 bits per heavy atom. The number of carbonyl (C=O) groups is 1. The van der Waals surface area contributed by atoms with Crippen molar-refractivity contribution in [3.8, 4) is 5.69 Å². The van der Waals surface area contributed by atoms with Gasteiger partial charge in [-0.15, -0.1) is 0 Å². The van der Waals surface area contributed by atoms with Crippen LogP contribution in [0.1, 0.15) is 58.6 Å². The van der Waals surface area contributed by atoms with Crippen LogP contribution in [0.3, 0.4) is 0 Å². The van der Waals surface area contributed by atoms with E-state index in [2.05, 4.69) is 15.4 Å². The maximum absolute atomic E-state index is 14.9. The number of amides is 1. The molecule has 1 saturated carbocycles. The van der Waals surface area contributed by atoms with Crippen molar-refractivity contribution in [2.75, 3.05) is 5.32 Å². The average molecular weight is 500 g/mol. The lowest BCUT2D eigenvalue weighted by Crippen LogP contribution is -2.28. The van der Waals surface area contributed by atoms with Gasteiger partial charge in [-0.2, -0.15) is 5.10 Å². The Morgan fingerprint density at radius 3 is 2.73 bits per heavy atom. The zero-order valence-electron chi connectivity index (χ0n) is 20.7. The fourth-order valence-corrected chi connectivity index (χ4v) is 4.62. The summed E-state index contributed by atoms with van der Waals surface area (Å²) in [6.07, 6.45) is 6.93. The zero-order chi connectivity index (χ0) is 26.0. The predicted molar refractivity (Wildman–Crippen MR) is 140 cm³/mol. The van der Waals surface area contributed by atoms with Crippen molar-refractivity contribution >= 4 is 11.6 Å². The van der Waals surface area contributed by atoms with Gasteiger partial charge < -0.3 is 16.2 Å². The Hall–Kier alpha value is -3.88. The lowest BCUT2D eigenvalue weighted by molar-refractivity contribution is 0.0666. The summed E-state index contributed by atoms with van der Waals surface area (Å²) in [6.45, 7) is 2.14. The maximum atomic E-state index is 14.9. The fourth-order valence-electron chi connectivity index (χ4n) is 4.62. The van der Waals surface area contributed by atoms with E-state index >= 15 is 0 Å². The molecule has 4 N–H and O–H groups in total. The number of benzene rings is 2. The molecule has 0 aliphatic heterocycles. The number of hydrogen-bond acceptors (Lipinski definition) is 5. The molecule has 37 heavy (non-hydrogen) atoms. The number of aryl methyl sites for hydroxylation is 1. The van der Waals surface area contributed by atoms with E-state index in [1.54, 1.807) is 37.5 Å². The van der Waals surface area contributed by atoms with Crippen LogP contribution in [0.15, 0.2) is 73.1 Å². The minimum Gasteiger partial charge on any atom is -0.380 e. The third-order valence-electron chi connectivity index (χ3n) is 6.90. The standard InChI is InChI=1S/C29H30FN5O2/c1-19-14-27(35(34-19)24-6-2-4-21(15-24)17-31)28(36)33-26-16-22(9-10-25(26)30)29(37,12-11-20-7-8-20)23-5-3-13-32-18-23/h2-6,9-10,13-16,18,20,37H,7-8,11-12,17,31H2,1H3,(H,33,36). The number of nitrogens with zero attached hydrogens (tertiary/aromatic N) is 3. The largest absolute Gasteiger partial charge is 0.380 e. The van der Waals surface area contributed by atoms with Gasteiger partial charge >= 0.3 is 0 Å². The number of anilines is 1. The second-order valence-corrected chi connectivity index (χ2v) is 9.69. The zero-order valence-corrected chi connectivity index (χ0v) is 20.7. The highest BCUT2D eigenvalue weighted by Gasteiger charge is 2.35. The Morgan fingerprint density at radius 2 is 2.00 bits per heavy atom. The van der Waals surface area contributed by atoms with Crippen LogP contribution in [0.5, 0.6) is 0 Å². The second-order valence-electron chi connectivity index (χ2n) is 9.69. The van der Waals surface area contributed by atoms with Gasteiger partial charge in [0.1, 0.15) is 17.1 Å². The Labute approximate surface area is 215 Å². The summed E-state index contributed by atoms with van der Waals surface area (Å²) in [5, 5.41) is 19.0. The summed E-state index contributed by atoms with van der Waals surface area (Å²) >= 11 is 0. The van der Waals surface area contributed by atoms with Crippen molar-refractivity contribution in [3.63, 3.8) is 0 Å². The smallest absolute Gasteiger partial charge is 0.274 e. The van der Waals surface area contributed by atoms with Crippen LogP contribution < -0.4 is 11.1 Å². The maximum Gasteiger partial charge on any atom is 0.274 e. The third kappa shape index (κ3) is 5.30. The first kappa shape index (κ1) is 24.8. The van der Waals surface area contributed by atoms with Crippen molar-refractivity contribution in [2.24, 2.45) is 11.7 Å². The molecule has 1 aliphatic carbocycles. The summed E-state index contributed by atoms with van der Waals surface area (Å²) in [4.78, 5) is 17.5. The van der Waals surface area contributed by atoms with Gasteiger partial charge in [-0.25, -0.2) is 9.07 Å². The number of nitrogens with two attached hydrogens (primary N) is 1. The number of pyridine rings is 1. The molecule has 0 spiro atoms. The number of nitrogens with one attached hydrogen (secondary N) is 1. The molecule has 2 heterocycles. The van der Waals surface area contributed by atoms with E-state index in [0.717, 1.165) is 24.8 Å². The van der Waals surface area contributed by atoms with E-state index in [0.29, 0.717) is 41.4 Å². The van der Waals surface area contributed by atoms with Gasteiger partial charge in [-0.3, -0.25) is 9.78 Å². The molecule has 2 aromatic heterocycles. The van der Waals surface area contributed by atoms with Gasteiger partial charge in [-0.1, -0.05) is 37.1 Å². The molecular formula is C29H30FN5O2. The molecule has 1 amide bonds. The summed E-state index contributed by atoms with van der Waals surface area (Å²) in [7, 11) is 0. The van der Waals surface area contributed by atoms with E-state index in [4.69, 9.17) is 5.73 Å². The van der Waals surface area contributed by atoms with Gasteiger partial charge in [0.05, 0.1) is 17.1 Å². The summed E-state index contributed by atoms with van der Waals surface area (Å²) in [6, 6.07) is 17.0. The number of aliphatic hydroxyl groups is 1. The van der Waals surface area contributed by atoms with Crippen LogP contribution in [0, 0.1) is 18.7 Å². The molecule has 0 bridgehead atoms. The van der Waals surface area contributed by atoms with E-state index in [1.807, 2.05) is 30.3 Å². The average Bonchev–Trinajstić information content (AvgIpc) is 3.67. The Bertz CT molecular complexity index is 1420. The van der Waals surface area contributed by atoms with Gasteiger partial charge in [0.25, 0.3) is 5.91 Å². The molecule has 7 nitrogen and oxygen atoms in total. The van der Waals surface area contributed by atoms with Crippen molar-refractivity contribution < 1.29 is 14.3 Å². The van der Waals surface area contributed by atoms with E-state index in [-0.39, 0.29) is 11.4 Å². The van der Waals surface area contributed by atoms with Crippen LogP contribution in [0.25, 0.3) is 5.69 Å². The lowest BCUT2D eigenvalue weighted by Gasteiger charge is -2.30. The summed E-state index contributed by atoms with van der Waals surface area (Å²) < 4.78 is 16.5. The summed E-state index contributed by atoms with van der Waals surface area (Å²) in [5.74, 6) is -0.512. The normalized spacial score (nSPS) is 14.8. The molecule has 0 radical (unpaired) electrons. The quantitative estimate of drug-likeness (QED) is 0.305. The predicted octanol–water partition coefficient (Wildman–Crippen LogP) is 4.85. The number of hydrogen-bond donors (Lipinski definition) is 3. The number of rotatable bonds is 9. The van der Waals surface area contributed by atoms with Crippen LogP contribution in [-0.2, 0) is 12.1 Å². The number of aromatic nitrogens is 3. The highest BCUT2D eigenvalue weighted by atomic mass is 19.1. The van der Waals surface area contributed by atoms with Crippen LogP contribution in [0.4, 0.5) is 10.1 Å². The van der Waals surface area contributed by atoms with Crippen molar-refractivity contribution in [3.05, 3.63) is 107 Å². The molecule has 1 atom stereocenters. The van der Waals surface area contributed by atoms with E-state index < -0.39 is 17.3 Å². The van der Waals surface area contributed by atoms with E-state index in [1.165, 1.54) is 16.8 Å². The minimum absolute atomic E-state index is 0.0163. The van der Waals surface area contributed by atoms with Crippen LogP contribution in [-0.4, -0.2) is 25.8 Å². The number of carbonyl (C=O) groups excluding carboxylic acids is 1. The SMILES string of the molecule is Cc1cc(C(=O)Nc2cc(C(O)(CCC3CC3)c3cccnc3)ccc2F)n(-c2cccc(CN)c2)n1. The van der Waals surface area contributed by atoms with Crippen LogP contribution in [0.2, 0.25) is 0 Å². The Balaban J connectivity index is 1.47. The van der Waals surface area contributed by atoms with Crippen molar-refractivity contribution in [1.82, 2.24) is 14.8 Å². The first-order valence-corrected chi connectivity index (χ1v) is 12.5. The first-order valence-electron chi connectivity index (χ1n) is 12.5. The van der Waals surface area contributed by atoms with Crippen molar-refractivity contribution in [2.45, 2.75) is 44.8 Å². The molecule has 1 unspecified atom stereocenters.